The van der Waals surface area contributed by atoms with Crippen LogP contribution in [0.1, 0.15) is 23.7 Å². The Hall–Kier alpha value is -1.91. The van der Waals surface area contributed by atoms with Crippen LogP contribution in [0.3, 0.4) is 0 Å². The highest BCUT2D eigenvalue weighted by Gasteiger charge is 2.34. The fourth-order valence-corrected chi connectivity index (χ4v) is 2.78. The molecule has 22 heavy (non-hydrogen) atoms. The van der Waals surface area contributed by atoms with Gasteiger partial charge >= 0.3 is 0 Å². The van der Waals surface area contributed by atoms with Gasteiger partial charge in [0.15, 0.2) is 0 Å². The number of likely N-dealkylation sites (tertiary alicyclic amines) is 1. The van der Waals surface area contributed by atoms with Crippen LogP contribution in [0.2, 0.25) is 5.02 Å². The maximum Gasteiger partial charge on any atom is 0.255 e. The van der Waals surface area contributed by atoms with E-state index in [4.69, 9.17) is 11.6 Å². The molecular formula is C17H17ClN2O2. The molecule has 1 aliphatic rings. The van der Waals surface area contributed by atoms with Gasteiger partial charge in [0.1, 0.15) is 0 Å². The maximum atomic E-state index is 12.5. The third-order valence-electron chi connectivity index (χ3n) is 3.90. The first-order valence-corrected chi connectivity index (χ1v) is 7.55. The van der Waals surface area contributed by atoms with Crippen molar-refractivity contribution >= 4 is 17.5 Å². The summed E-state index contributed by atoms with van der Waals surface area (Å²) >= 11 is 5.89. The number of pyridine rings is 1. The first-order chi connectivity index (χ1) is 10.4. The molecule has 114 valence electrons. The van der Waals surface area contributed by atoms with E-state index in [0.29, 0.717) is 30.1 Å². The Morgan fingerprint density at radius 3 is 2.64 bits per heavy atom. The number of amides is 1. The summed E-state index contributed by atoms with van der Waals surface area (Å²) in [5.74, 6) is -0.0962. The van der Waals surface area contributed by atoms with Gasteiger partial charge in [-0.25, -0.2) is 0 Å². The van der Waals surface area contributed by atoms with E-state index in [0.717, 1.165) is 11.1 Å². The van der Waals surface area contributed by atoms with Crippen molar-refractivity contribution < 1.29 is 9.90 Å². The summed E-state index contributed by atoms with van der Waals surface area (Å²) in [6.07, 6.45) is 3.89. The minimum atomic E-state index is -0.795. The van der Waals surface area contributed by atoms with Crippen molar-refractivity contribution in [2.24, 2.45) is 0 Å². The number of nitrogens with zero attached hydrogens (tertiary/aromatic N) is 2. The molecule has 2 aromatic rings. The van der Waals surface area contributed by atoms with E-state index >= 15 is 0 Å². The third-order valence-corrected chi connectivity index (χ3v) is 4.15. The molecular weight excluding hydrogens is 300 g/mol. The van der Waals surface area contributed by atoms with E-state index in [2.05, 4.69) is 4.98 Å². The number of carbonyl (C=O) groups is 1. The summed E-state index contributed by atoms with van der Waals surface area (Å²) < 4.78 is 0. The maximum absolute atomic E-state index is 12.5. The van der Waals surface area contributed by atoms with Crippen LogP contribution in [-0.4, -0.2) is 39.6 Å². The van der Waals surface area contributed by atoms with E-state index < -0.39 is 5.60 Å². The summed E-state index contributed by atoms with van der Waals surface area (Å²) in [5.41, 5.74) is 1.57. The second-order valence-electron chi connectivity index (χ2n) is 5.94. The van der Waals surface area contributed by atoms with Gasteiger partial charge in [0.25, 0.3) is 5.91 Å². The molecule has 0 radical (unpaired) electrons. The minimum Gasteiger partial charge on any atom is -0.388 e. The topological polar surface area (TPSA) is 53.4 Å². The fraction of sp³-hybridized carbons (Fsp3) is 0.294. The second-order valence-corrected chi connectivity index (χ2v) is 6.38. The molecule has 1 N–H and O–H groups in total. The molecule has 1 amide bonds. The first kappa shape index (κ1) is 15.0. The van der Waals surface area contributed by atoms with Crippen LogP contribution in [0.25, 0.3) is 11.1 Å². The lowest BCUT2D eigenvalue weighted by atomic mass is 10.1. The molecule has 3 rings (SSSR count). The van der Waals surface area contributed by atoms with Crippen molar-refractivity contribution in [2.75, 3.05) is 13.1 Å². The first-order valence-electron chi connectivity index (χ1n) is 7.17. The number of hydrogen-bond acceptors (Lipinski definition) is 3. The molecule has 1 aromatic carbocycles. The van der Waals surface area contributed by atoms with E-state index in [1.165, 1.54) is 0 Å². The van der Waals surface area contributed by atoms with Crippen LogP contribution in [0.5, 0.6) is 0 Å². The Morgan fingerprint density at radius 1 is 1.27 bits per heavy atom. The standard InChI is InChI=1S/C17H17ClN2O2/c1-17(22)6-7-20(11-17)16(21)14-8-13(9-19-10-14)12-2-4-15(18)5-3-12/h2-5,8-10,22H,6-7,11H2,1H3/t17-/m1/s1. The van der Waals surface area contributed by atoms with Gasteiger partial charge in [-0.3, -0.25) is 9.78 Å². The van der Waals surface area contributed by atoms with Gasteiger partial charge in [-0.1, -0.05) is 23.7 Å². The lowest BCUT2D eigenvalue weighted by Crippen LogP contribution is -2.33. The number of aromatic nitrogens is 1. The number of rotatable bonds is 2. The summed E-state index contributed by atoms with van der Waals surface area (Å²) in [5, 5.41) is 10.7. The normalized spacial score (nSPS) is 21.1. The summed E-state index contributed by atoms with van der Waals surface area (Å²) in [6, 6.07) is 9.24. The molecule has 0 unspecified atom stereocenters. The molecule has 1 aliphatic heterocycles. The number of carbonyl (C=O) groups excluding carboxylic acids is 1. The minimum absolute atomic E-state index is 0.0962. The summed E-state index contributed by atoms with van der Waals surface area (Å²) in [4.78, 5) is 18.4. The van der Waals surface area contributed by atoms with Crippen molar-refractivity contribution in [3.63, 3.8) is 0 Å². The van der Waals surface area contributed by atoms with E-state index in [1.54, 1.807) is 24.2 Å². The molecule has 0 bridgehead atoms. The monoisotopic (exact) mass is 316 g/mol. The number of benzene rings is 1. The molecule has 0 aliphatic carbocycles. The van der Waals surface area contributed by atoms with Gasteiger partial charge in [0, 0.05) is 36.1 Å². The molecule has 1 atom stereocenters. The van der Waals surface area contributed by atoms with Gasteiger partial charge in [-0.15, -0.1) is 0 Å². The predicted octanol–water partition coefficient (Wildman–Crippen LogP) is 3.00. The predicted molar refractivity (Wildman–Crippen MR) is 85.8 cm³/mol. The molecule has 1 aromatic heterocycles. The Morgan fingerprint density at radius 2 is 2.00 bits per heavy atom. The molecule has 2 heterocycles. The highest BCUT2D eigenvalue weighted by molar-refractivity contribution is 6.30. The molecule has 0 spiro atoms. The number of hydrogen-bond donors (Lipinski definition) is 1. The van der Waals surface area contributed by atoms with Crippen molar-refractivity contribution in [3.05, 3.63) is 53.3 Å². The molecule has 0 saturated carbocycles. The molecule has 4 nitrogen and oxygen atoms in total. The third kappa shape index (κ3) is 3.13. The Labute approximate surface area is 134 Å². The zero-order chi connectivity index (χ0) is 15.7. The van der Waals surface area contributed by atoms with Crippen molar-refractivity contribution in [1.82, 2.24) is 9.88 Å². The van der Waals surface area contributed by atoms with Crippen molar-refractivity contribution in [2.45, 2.75) is 18.9 Å². The summed E-state index contributed by atoms with van der Waals surface area (Å²) in [6.45, 7) is 2.68. The Bertz CT molecular complexity index is 698. The van der Waals surface area contributed by atoms with Gasteiger partial charge in [-0.05, 0) is 37.1 Å². The SMILES string of the molecule is C[C@@]1(O)CCN(C(=O)c2cncc(-c3ccc(Cl)cc3)c2)C1. The van der Waals surface area contributed by atoms with Crippen LogP contribution in [0.4, 0.5) is 0 Å². The van der Waals surface area contributed by atoms with E-state index in [1.807, 2.05) is 30.3 Å². The lowest BCUT2D eigenvalue weighted by Gasteiger charge is -2.19. The zero-order valence-corrected chi connectivity index (χ0v) is 13.0. The van der Waals surface area contributed by atoms with Gasteiger partial charge in [0.2, 0.25) is 0 Å². The van der Waals surface area contributed by atoms with Crippen LogP contribution < -0.4 is 0 Å². The van der Waals surface area contributed by atoms with Gasteiger partial charge in [-0.2, -0.15) is 0 Å². The van der Waals surface area contributed by atoms with Crippen LogP contribution >= 0.6 is 11.6 Å². The number of halogens is 1. The molecule has 1 saturated heterocycles. The lowest BCUT2D eigenvalue weighted by molar-refractivity contribution is 0.0572. The number of aliphatic hydroxyl groups is 1. The second kappa shape index (κ2) is 5.71. The van der Waals surface area contributed by atoms with Crippen LogP contribution in [0, 0.1) is 0 Å². The smallest absolute Gasteiger partial charge is 0.255 e. The average molecular weight is 317 g/mol. The van der Waals surface area contributed by atoms with E-state index in [9.17, 15) is 9.90 Å². The highest BCUT2D eigenvalue weighted by Crippen LogP contribution is 2.25. The Balaban J connectivity index is 1.85. The van der Waals surface area contributed by atoms with E-state index in [-0.39, 0.29) is 5.91 Å². The quantitative estimate of drug-likeness (QED) is 0.926. The highest BCUT2D eigenvalue weighted by atomic mass is 35.5. The average Bonchev–Trinajstić information content (AvgIpc) is 2.87. The van der Waals surface area contributed by atoms with Crippen molar-refractivity contribution in [3.8, 4) is 11.1 Å². The molecule has 1 fully saturated rings. The molecule has 5 heteroatoms. The van der Waals surface area contributed by atoms with Crippen molar-refractivity contribution in [1.29, 1.82) is 0 Å². The van der Waals surface area contributed by atoms with Crippen LogP contribution in [0.15, 0.2) is 42.7 Å². The largest absolute Gasteiger partial charge is 0.388 e. The fourth-order valence-electron chi connectivity index (χ4n) is 2.66. The number of β-amino-alcohol motifs (C(OH)–C–C–N with tert-alkyl or cyclic N) is 1. The van der Waals surface area contributed by atoms with Gasteiger partial charge in [0.05, 0.1) is 11.2 Å². The van der Waals surface area contributed by atoms with Crippen LogP contribution in [-0.2, 0) is 0 Å². The summed E-state index contributed by atoms with van der Waals surface area (Å²) in [7, 11) is 0. The van der Waals surface area contributed by atoms with Gasteiger partial charge < -0.3 is 10.0 Å². The zero-order valence-electron chi connectivity index (χ0n) is 12.3. The Kier molecular flexibility index (Phi) is 3.89.